The summed E-state index contributed by atoms with van der Waals surface area (Å²) < 4.78 is 0. The summed E-state index contributed by atoms with van der Waals surface area (Å²) in [5.41, 5.74) is 1.00. The summed E-state index contributed by atoms with van der Waals surface area (Å²) >= 11 is 0. The van der Waals surface area contributed by atoms with Crippen LogP contribution in [0.1, 0.15) is 31.4 Å². The second kappa shape index (κ2) is 5.28. The Kier molecular flexibility index (Phi) is 4.27. The Morgan fingerprint density at radius 2 is 1.88 bits per heavy atom. The molecule has 0 bridgehead atoms. The number of hydrogen-bond acceptors (Lipinski definition) is 2. The first-order valence-corrected chi connectivity index (χ1v) is 5.56. The Morgan fingerprint density at radius 3 is 2.38 bits per heavy atom. The van der Waals surface area contributed by atoms with Gasteiger partial charge >= 0.3 is 0 Å². The van der Waals surface area contributed by atoms with Gasteiger partial charge < -0.3 is 10.2 Å². The van der Waals surface area contributed by atoms with E-state index in [1.54, 1.807) is 19.1 Å². The Hall–Kier alpha value is -1.12. The third-order valence-corrected chi connectivity index (χ3v) is 2.69. The van der Waals surface area contributed by atoms with Gasteiger partial charge in [0.05, 0.1) is 11.7 Å². The highest BCUT2D eigenvalue weighted by Crippen LogP contribution is 2.26. The van der Waals surface area contributed by atoms with Crippen molar-refractivity contribution in [2.24, 2.45) is 0 Å². The molecular weight excluding hydrogens is 200 g/mol. The second-order valence-electron chi connectivity index (χ2n) is 4.44. The Bertz CT molecular complexity index is 350. The van der Waals surface area contributed by atoms with E-state index in [0.29, 0.717) is 6.42 Å². The van der Waals surface area contributed by atoms with Gasteiger partial charge in [-0.25, -0.2) is 0 Å². The van der Waals surface area contributed by atoms with Crippen molar-refractivity contribution in [1.29, 1.82) is 0 Å². The molecule has 88 valence electrons. The lowest BCUT2D eigenvalue weighted by atomic mass is 9.89. The van der Waals surface area contributed by atoms with Crippen molar-refractivity contribution in [3.05, 3.63) is 47.5 Å². The molecule has 2 heteroatoms. The van der Waals surface area contributed by atoms with Gasteiger partial charge in [-0.3, -0.25) is 0 Å². The maximum Gasteiger partial charge on any atom is 0.0896 e. The predicted molar refractivity (Wildman–Crippen MR) is 66.2 cm³/mol. The fraction of sp³-hybridized carbons (Fsp3) is 0.429. The summed E-state index contributed by atoms with van der Waals surface area (Å²) in [5, 5.41) is 19.9. The van der Waals surface area contributed by atoms with Crippen LogP contribution < -0.4 is 0 Å². The van der Waals surface area contributed by atoms with Crippen molar-refractivity contribution in [3.63, 3.8) is 0 Å². The Labute approximate surface area is 97.2 Å². The molecule has 2 N–H and O–H groups in total. The molecule has 1 aromatic carbocycles. The van der Waals surface area contributed by atoms with E-state index in [-0.39, 0.29) is 0 Å². The lowest BCUT2D eigenvalue weighted by Gasteiger charge is -2.25. The van der Waals surface area contributed by atoms with E-state index in [0.717, 1.165) is 11.1 Å². The van der Waals surface area contributed by atoms with Gasteiger partial charge in [0.25, 0.3) is 0 Å². The molecule has 0 unspecified atom stereocenters. The van der Waals surface area contributed by atoms with Crippen LogP contribution in [0.25, 0.3) is 0 Å². The first-order chi connectivity index (χ1) is 7.45. The van der Waals surface area contributed by atoms with E-state index in [1.807, 2.05) is 38.1 Å². The van der Waals surface area contributed by atoms with Gasteiger partial charge in [0.15, 0.2) is 0 Å². The van der Waals surface area contributed by atoms with Gasteiger partial charge in [-0.05, 0) is 26.3 Å². The first-order valence-electron chi connectivity index (χ1n) is 5.56. The SMILES string of the molecule is C/C=C/[C@H](O)C[C@](C)(O)c1ccc(C)cc1. The molecule has 0 aromatic heterocycles. The maximum absolute atomic E-state index is 10.3. The predicted octanol–water partition coefficient (Wildman–Crippen LogP) is 2.53. The molecule has 16 heavy (non-hydrogen) atoms. The molecule has 0 aliphatic heterocycles. The van der Waals surface area contributed by atoms with E-state index in [1.165, 1.54) is 0 Å². The summed E-state index contributed by atoms with van der Waals surface area (Å²) in [6.45, 7) is 5.58. The van der Waals surface area contributed by atoms with Crippen LogP contribution in [-0.2, 0) is 5.60 Å². The average Bonchev–Trinajstić information content (AvgIpc) is 2.17. The highest BCUT2D eigenvalue weighted by molar-refractivity contribution is 5.26. The zero-order valence-corrected chi connectivity index (χ0v) is 10.1. The molecule has 0 fully saturated rings. The number of rotatable bonds is 4. The summed E-state index contributed by atoms with van der Waals surface area (Å²) in [5.74, 6) is 0. The van der Waals surface area contributed by atoms with Crippen molar-refractivity contribution in [2.45, 2.75) is 38.9 Å². The molecule has 0 saturated heterocycles. The zero-order chi connectivity index (χ0) is 12.2. The van der Waals surface area contributed by atoms with Crippen molar-refractivity contribution in [2.75, 3.05) is 0 Å². The summed E-state index contributed by atoms with van der Waals surface area (Å²) in [6, 6.07) is 7.73. The van der Waals surface area contributed by atoms with Crippen molar-refractivity contribution >= 4 is 0 Å². The number of hydrogen-bond donors (Lipinski definition) is 2. The molecule has 2 nitrogen and oxygen atoms in total. The number of aliphatic hydroxyl groups excluding tert-OH is 1. The standard InChI is InChI=1S/C14H20O2/c1-4-5-13(15)10-14(3,16)12-8-6-11(2)7-9-12/h4-9,13,15-16H,10H2,1-3H3/b5-4+/t13-,14-/m0/s1. The monoisotopic (exact) mass is 220 g/mol. The largest absolute Gasteiger partial charge is 0.389 e. The van der Waals surface area contributed by atoms with Crippen LogP contribution in [0.4, 0.5) is 0 Å². The van der Waals surface area contributed by atoms with Gasteiger partial charge in [0, 0.05) is 6.42 Å². The van der Waals surface area contributed by atoms with Crippen molar-refractivity contribution in [1.82, 2.24) is 0 Å². The fourth-order valence-electron chi connectivity index (χ4n) is 1.73. The number of benzene rings is 1. The van der Waals surface area contributed by atoms with E-state index in [4.69, 9.17) is 0 Å². The van der Waals surface area contributed by atoms with E-state index < -0.39 is 11.7 Å². The molecule has 1 rings (SSSR count). The fourth-order valence-corrected chi connectivity index (χ4v) is 1.73. The number of allylic oxidation sites excluding steroid dienone is 1. The van der Waals surface area contributed by atoms with Crippen LogP contribution >= 0.6 is 0 Å². The molecule has 0 spiro atoms. The van der Waals surface area contributed by atoms with Gasteiger partial charge in [0.2, 0.25) is 0 Å². The molecule has 1 aromatic rings. The van der Waals surface area contributed by atoms with E-state index in [9.17, 15) is 10.2 Å². The average molecular weight is 220 g/mol. The van der Waals surface area contributed by atoms with E-state index >= 15 is 0 Å². The number of aryl methyl sites for hydroxylation is 1. The van der Waals surface area contributed by atoms with E-state index in [2.05, 4.69) is 0 Å². The highest BCUT2D eigenvalue weighted by atomic mass is 16.3. The van der Waals surface area contributed by atoms with Crippen molar-refractivity contribution < 1.29 is 10.2 Å². The molecule has 0 aliphatic rings. The maximum atomic E-state index is 10.3. The molecule has 0 saturated carbocycles. The normalized spacial score (nSPS) is 17.3. The van der Waals surface area contributed by atoms with Gasteiger partial charge in [0.1, 0.15) is 0 Å². The molecule has 0 amide bonds. The third-order valence-electron chi connectivity index (χ3n) is 2.69. The van der Waals surface area contributed by atoms with Gasteiger partial charge in [-0.2, -0.15) is 0 Å². The van der Waals surface area contributed by atoms with Crippen molar-refractivity contribution in [3.8, 4) is 0 Å². The quantitative estimate of drug-likeness (QED) is 0.765. The lowest BCUT2D eigenvalue weighted by Crippen LogP contribution is -2.26. The Morgan fingerprint density at radius 1 is 1.31 bits per heavy atom. The molecule has 0 radical (unpaired) electrons. The topological polar surface area (TPSA) is 40.5 Å². The van der Waals surface area contributed by atoms with Crippen LogP contribution in [0.3, 0.4) is 0 Å². The first kappa shape index (κ1) is 12.9. The number of aliphatic hydroxyl groups is 2. The summed E-state index contributed by atoms with van der Waals surface area (Å²) in [6.07, 6.45) is 3.17. The minimum atomic E-state index is -0.993. The summed E-state index contributed by atoms with van der Waals surface area (Å²) in [7, 11) is 0. The molecule has 2 atom stereocenters. The third kappa shape index (κ3) is 3.47. The lowest BCUT2D eigenvalue weighted by molar-refractivity contribution is 0.0131. The minimum Gasteiger partial charge on any atom is -0.389 e. The molecular formula is C14H20O2. The highest BCUT2D eigenvalue weighted by Gasteiger charge is 2.25. The van der Waals surface area contributed by atoms with Crippen LogP contribution in [-0.4, -0.2) is 16.3 Å². The van der Waals surface area contributed by atoms with Crippen LogP contribution in [0, 0.1) is 6.92 Å². The Balaban J connectivity index is 2.80. The van der Waals surface area contributed by atoms with Crippen LogP contribution in [0.2, 0.25) is 0 Å². The zero-order valence-electron chi connectivity index (χ0n) is 10.1. The van der Waals surface area contributed by atoms with Crippen LogP contribution in [0.15, 0.2) is 36.4 Å². The second-order valence-corrected chi connectivity index (χ2v) is 4.44. The van der Waals surface area contributed by atoms with Gasteiger partial charge in [-0.15, -0.1) is 0 Å². The van der Waals surface area contributed by atoms with Gasteiger partial charge in [-0.1, -0.05) is 42.0 Å². The van der Waals surface area contributed by atoms with Crippen LogP contribution in [0.5, 0.6) is 0 Å². The minimum absolute atomic E-state index is 0.306. The molecule has 0 heterocycles. The smallest absolute Gasteiger partial charge is 0.0896 e. The molecule has 0 aliphatic carbocycles. The summed E-state index contributed by atoms with van der Waals surface area (Å²) in [4.78, 5) is 0.